The molecular weight excluding hydrogens is 1120 g/mol. The number of nitrogens with zero attached hydrogens (tertiary/aromatic N) is 3. The standard InChI is InChI=1S/C8H5NOS2.C7H4O3S2.C4H8N2O2S2.C4H5NO2S2.C2H2N2S3.S8/c10-8-9-7(11-12-8)6-4-2-1-3-5-6;8-7-5-3-1-2-4-6(5)12(9,10)11-7;1-5-3(7)9-10-4(8)6-2;1-2-7-4-5-3(6)8-9-4;3-1-4-2(5)7-6-1;1-3-5-7-8-6-4-2/h1-5H;1-4H;1-2H3,(H,5,7)(H,6,8);2H2,1H3;(H2,3,4,5);. The maximum Gasteiger partial charge on any atom is 0.340 e. The van der Waals surface area contributed by atoms with Gasteiger partial charge in [0.2, 0.25) is 14.0 Å². The Hall–Kier alpha value is -0.830. The van der Waals surface area contributed by atoms with Gasteiger partial charge in [0.05, 0.1) is 22.3 Å². The molecule has 2 amide bonds. The summed E-state index contributed by atoms with van der Waals surface area (Å²) in [5.74, 6) is 0. The molecule has 3 aromatic heterocycles. The van der Waals surface area contributed by atoms with E-state index in [1.807, 2.05) is 37.3 Å². The van der Waals surface area contributed by atoms with E-state index in [9.17, 15) is 32.4 Å². The minimum Gasteiger partial charge on any atom is -0.470 e. The molecule has 0 bridgehead atoms. The van der Waals surface area contributed by atoms with Crippen molar-refractivity contribution in [2.75, 3.05) is 26.4 Å². The minimum absolute atomic E-state index is 0.112. The number of nitrogen functional groups attached to an aromatic ring is 1. The highest BCUT2D eigenvalue weighted by Crippen LogP contribution is 2.37. The molecule has 0 spiro atoms. The molecule has 5 aromatic rings. The van der Waals surface area contributed by atoms with Crippen molar-refractivity contribution in [3.8, 4) is 15.8 Å². The Morgan fingerprint density at radius 3 is 1.72 bits per heavy atom. The summed E-state index contributed by atoms with van der Waals surface area (Å²) in [6, 6.07) is 15.9. The van der Waals surface area contributed by atoms with Crippen LogP contribution in [0, 0.1) is 3.95 Å². The number of hydrogen-bond donors (Lipinski definition) is 3. The quantitative estimate of drug-likeness (QED) is 0.122. The largest absolute Gasteiger partial charge is 0.470 e. The molecule has 316 valence electrons. The van der Waals surface area contributed by atoms with E-state index in [0.717, 1.165) is 42.5 Å². The van der Waals surface area contributed by atoms with E-state index in [1.54, 1.807) is 47.7 Å². The van der Waals surface area contributed by atoms with Crippen LogP contribution in [0.3, 0.4) is 0 Å². The fourth-order valence-electron chi connectivity index (χ4n) is 2.70. The lowest BCUT2D eigenvalue weighted by Crippen LogP contribution is -2.13. The van der Waals surface area contributed by atoms with E-state index in [1.165, 1.54) is 95.7 Å². The van der Waals surface area contributed by atoms with E-state index in [2.05, 4.69) is 60.2 Å². The number of anilines is 1. The third kappa shape index (κ3) is 24.6. The second kappa shape index (κ2) is 32.8. The molecule has 58 heavy (non-hydrogen) atoms. The zero-order valence-corrected chi connectivity index (χ0v) is 44.4. The molecule has 1 aliphatic rings. The summed E-state index contributed by atoms with van der Waals surface area (Å²) in [7, 11) is 18.7. The number of carbonyl (C=O) groups excluding carboxylic acids is 3. The van der Waals surface area contributed by atoms with E-state index >= 15 is 0 Å². The van der Waals surface area contributed by atoms with Crippen LogP contribution in [0.4, 0.5) is 14.7 Å². The van der Waals surface area contributed by atoms with Gasteiger partial charge in [-0.05, 0) is 83.0 Å². The molecule has 0 atom stereocenters. The second-order valence-electron chi connectivity index (χ2n) is 8.31. The van der Waals surface area contributed by atoms with E-state index in [0.29, 0.717) is 37.2 Å². The number of nitrogens with one attached hydrogen (secondary N) is 2. The van der Waals surface area contributed by atoms with Gasteiger partial charge in [0, 0.05) is 122 Å². The molecular formula is C25H24N6O8S19. The van der Waals surface area contributed by atoms with Crippen LogP contribution in [-0.4, -0.2) is 59.7 Å². The van der Waals surface area contributed by atoms with Gasteiger partial charge in [-0.1, -0.05) is 52.8 Å². The Kier molecular flexibility index (Phi) is 31.2. The molecule has 14 nitrogen and oxygen atoms in total. The molecule has 4 heterocycles. The first-order valence-electron chi connectivity index (χ1n) is 14.2. The van der Waals surface area contributed by atoms with Crippen LogP contribution >= 0.6 is 107 Å². The number of aromatic nitrogens is 3. The number of amides is 2. The van der Waals surface area contributed by atoms with Gasteiger partial charge in [0.25, 0.3) is 15.7 Å². The third-order valence-corrected chi connectivity index (χ3v) is 27.1. The predicted octanol–water partition coefficient (Wildman–Crippen LogP) is 7.00. The van der Waals surface area contributed by atoms with Crippen LogP contribution in [0.25, 0.3) is 10.6 Å². The Morgan fingerprint density at radius 1 is 0.759 bits per heavy atom. The topological polar surface area (TPSA) is 217 Å². The Labute approximate surface area is 397 Å². The lowest BCUT2D eigenvalue weighted by Gasteiger charge is -1.95. The van der Waals surface area contributed by atoms with Crippen LogP contribution in [-0.2, 0) is 84.5 Å². The van der Waals surface area contributed by atoms with Crippen molar-refractivity contribution in [1.82, 2.24) is 25.6 Å². The lowest BCUT2D eigenvalue weighted by molar-refractivity contribution is 0.108. The number of hydrogen-bond acceptors (Lipinski definition) is 24. The van der Waals surface area contributed by atoms with Gasteiger partial charge >= 0.3 is 9.75 Å². The van der Waals surface area contributed by atoms with Crippen molar-refractivity contribution in [1.29, 1.82) is 0 Å². The van der Waals surface area contributed by atoms with Gasteiger partial charge in [0.1, 0.15) is 5.01 Å². The van der Waals surface area contributed by atoms with Gasteiger partial charge in [0.15, 0.2) is 9.09 Å². The molecule has 4 N–H and O–H groups in total. The monoisotopic (exact) mass is 1140 g/mol. The van der Waals surface area contributed by atoms with Gasteiger partial charge in [-0.3, -0.25) is 24.0 Å². The summed E-state index contributed by atoms with van der Waals surface area (Å²) in [4.78, 5) is 64.2. The molecule has 1 aliphatic heterocycles. The number of ether oxygens (including phenoxy) is 1. The fraction of sp³-hybridized carbons (Fsp3) is 0.160. The maximum atomic E-state index is 11.2. The predicted molar refractivity (Wildman–Crippen MR) is 273 cm³/mol. The smallest absolute Gasteiger partial charge is 0.340 e. The molecule has 6 rings (SSSR count). The molecule has 0 saturated heterocycles. The first-order valence-corrected chi connectivity index (χ1v) is 35.3. The summed E-state index contributed by atoms with van der Waals surface area (Å²) in [5.41, 5.74) is 6.54. The van der Waals surface area contributed by atoms with Crippen LogP contribution in [0.5, 0.6) is 5.19 Å². The Bertz CT molecular complexity index is 2570. The molecule has 0 unspecified atom stereocenters. The lowest BCUT2D eigenvalue weighted by atomic mass is 10.2. The summed E-state index contributed by atoms with van der Waals surface area (Å²) < 4.78 is 28.0. The highest BCUT2D eigenvalue weighted by Gasteiger charge is 2.33. The number of nitrogens with two attached hydrogens (primary N) is 1. The SMILES string of the molecule is CCOc1nc(=O)ss1.CNC(=O)SSC(=O)NC.Nc1nc(=S)ss1.O=C1SS(=O)(=O)c2ccccc21.O=c1nc(-c2ccccc2)ss1.S=S=S=S=S=S=S=S. The summed E-state index contributed by atoms with van der Waals surface area (Å²) >= 11 is 13.9. The van der Waals surface area contributed by atoms with Crippen LogP contribution in [0.15, 0.2) is 69.1 Å². The summed E-state index contributed by atoms with van der Waals surface area (Å²) in [6.07, 6.45) is 0. The van der Waals surface area contributed by atoms with Gasteiger partial charge in [-0.2, -0.15) is 15.0 Å². The average molecular weight is 1150 g/mol. The number of benzene rings is 2. The normalized spacial score (nSPS) is 11.0. The van der Waals surface area contributed by atoms with Crippen molar-refractivity contribution in [2.45, 2.75) is 11.8 Å². The molecule has 0 radical (unpaired) electrons. The molecule has 0 saturated carbocycles. The first kappa shape index (κ1) is 55.2. The molecule has 2 aromatic carbocycles. The van der Waals surface area contributed by atoms with Gasteiger partial charge in [-0.25, -0.2) is 8.42 Å². The van der Waals surface area contributed by atoms with Crippen molar-refractivity contribution >= 4 is 212 Å². The second-order valence-corrected chi connectivity index (χ2v) is 31.6. The van der Waals surface area contributed by atoms with Crippen molar-refractivity contribution in [3.63, 3.8) is 0 Å². The zero-order valence-electron chi connectivity index (χ0n) is 28.8. The average Bonchev–Trinajstić information content (AvgIpc) is 4.00. The number of rotatable bonds is 3. The Morgan fingerprint density at radius 2 is 1.31 bits per heavy atom. The Balaban J connectivity index is 0.000000352. The maximum absolute atomic E-state index is 11.2. The number of carbonyl (C=O) groups is 3. The minimum atomic E-state index is -3.39. The highest BCUT2D eigenvalue weighted by atomic mass is 33.4. The van der Waals surface area contributed by atoms with E-state index < -0.39 is 8.87 Å². The molecule has 0 aliphatic carbocycles. The van der Waals surface area contributed by atoms with Crippen molar-refractivity contribution in [3.05, 3.63) is 83.5 Å². The van der Waals surface area contributed by atoms with Crippen molar-refractivity contribution < 1.29 is 27.5 Å². The van der Waals surface area contributed by atoms with Gasteiger partial charge < -0.3 is 21.1 Å². The van der Waals surface area contributed by atoms with E-state index in [4.69, 9.17) is 10.5 Å². The summed E-state index contributed by atoms with van der Waals surface area (Å²) in [5, 5.41) is 5.75. The first-order chi connectivity index (χ1) is 27.7. The molecule has 33 heteroatoms. The van der Waals surface area contributed by atoms with Gasteiger partial charge in [-0.15, -0.1) is 0 Å². The third-order valence-electron chi connectivity index (χ3n) is 4.74. The number of fused-ring (bicyclic) bond motifs is 1. The highest BCUT2D eigenvalue weighted by molar-refractivity contribution is 8.87. The fourth-order valence-corrected chi connectivity index (χ4v) is 22.5. The van der Waals surface area contributed by atoms with Crippen molar-refractivity contribution in [2.24, 2.45) is 0 Å². The van der Waals surface area contributed by atoms with Crippen LogP contribution in [0.1, 0.15) is 17.3 Å². The van der Waals surface area contributed by atoms with E-state index in [-0.39, 0.29) is 30.2 Å². The van der Waals surface area contributed by atoms with Crippen LogP contribution < -0.4 is 30.9 Å². The zero-order chi connectivity index (χ0) is 43.3. The molecule has 0 fully saturated rings. The van der Waals surface area contributed by atoms with Crippen LogP contribution in [0.2, 0.25) is 0 Å². The summed E-state index contributed by atoms with van der Waals surface area (Å²) in [6.45, 7) is 2.43.